The summed E-state index contributed by atoms with van der Waals surface area (Å²) in [5.74, 6) is 1.45. The molecular formula is C23H18N6O. The summed E-state index contributed by atoms with van der Waals surface area (Å²) in [5, 5.41) is 5.44. The fourth-order valence-electron chi connectivity index (χ4n) is 3.35. The maximum Gasteiger partial charge on any atom is 0.141 e. The van der Waals surface area contributed by atoms with Crippen molar-refractivity contribution >= 4 is 45.5 Å². The number of nitrogens with zero attached hydrogens (tertiary/aromatic N) is 4. The van der Waals surface area contributed by atoms with E-state index >= 15 is 0 Å². The third-order valence-corrected chi connectivity index (χ3v) is 4.82. The average Bonchev–Trinajstić information content (AvgIpc) is 3.26. The SMILES string of the molecule is COc1cc2ncnc(Nc3ccc4[nH]ccc4c3)c2cc1C=Cc1cnccn1. The standard InChI is InChI=1S/C23H18N6O/c1-30-22-12-21-19(11-16(22)2-3-18-13-24-8-9-25-18)23(28-14-27-21)29-17-4-5-20-15(10-17)6-7-26-20/h2-14,26H,1H3,(H,27,28,29). The number of fused-ring (bicyclic) bond motifs is 2. The summed E-state index contributed by atoms with van der Waals surface area (Å²) < 4.78 is 5.57. The molecule has 0 saturated heterocycles. The Morgan fingerprint density at radius 3 is 2.83 bits per heavy atom. The molecule has 2 N–H and O–H groups in total. The van der Waals surface area contributed by atoms with E-state index in [1.165, 1.54) is 0 Å². The first-order valence-electron chi connectivity index (χ1n) is 9.41. The monoisotopic (exact) mass is 394 g/mol. The van der Waals surface area contributed by atoms with Gasteiger partial charge in [0.15, 0.2) is 0 Å². The van der Waals surface area contributed by atoms with E-state index < -0.39 is 0 Å². The van der Waals surface area contributed by atoms with Crippen LogP contribution < -0.4 is 10.1 Å². The van der Waals surface area contributed by atoms with E-state index in [0.717, 1.165) is 50.3 Å². The summed E-state index contributed by atoms with van der Waals surface area (Å²) in [6, 6.07) is 12.1. The molecule has 0 aliphatic carbocycles. The van der Waals surface area contributed by atoms with Gasteiger partial charge in [0.1, 0.15) is 17.9 Å². The number of nitrogens with one attached hydrogen (secondary N) is 2. The van der Waals surface area contributed by atoms with Gasteiger partial charge in [0.05, 0.1) is 24.5 Å². The summed E-state index contributed by atoms with van der Waals surface area (Å²) in [5.41, 5.74) is 4.50. The number of hydrogen-bond donors (Lipinski definition) is 2. The van der Waals surface area contributed by atoms with E-state index in [1.54, 1.807) is 32.0 Å². The zero-order valence-electron chi connectivity index (χ0n) is 16.2. The van der Waals surface area contributed by atoms with Crippen LogP contribution in [0.25, 0.3) is 34.0 Å². The van der Waals surface area contributed by atoms with Gasteiger partial charge in [-0.3, -0.25) is 9.97 Å². The Morgan fingerprint density at radius 1 is 1.00 bits per heavy atom. The molecular weight excluding hydrogens is 376 g/mol. The second-order valence-corrected chi connectivity index (χ2v) is 6.70. The van der Waals surface area contributed by atoms with Crippen LogP contribution in [-0.4, -0.2) is 32.0 Å². The quantitative estimate of drug-likeness (QED) is 0.444. The predicted octanol–water partition coefficient (Wildman–Crippen LogP) is 4.82. The van der Waals surface area contributed by atoms with Crippen molar-refractivity contribution in [1.29, 1.82) is 0 Å². The highest BCUT2D eigenvalue weighted by molar-refractivity contribution is 5.95. The van der Waals surface area contributed by atoms with E-state index in [0.29, 0.717) is 0 Å². The normalized spacial score (nSPS) is 11.4. The second-order valence-electron chi connectivity index (χ2n) is 6.70. The number of anilines is 2. The summed E-state index contributed by atoms with van der Waals surface area (Å²) in [4.78, 5) is 20.4. The number of methoxy groups -OCH3 is 1. The molecule has 0 radical (unpaired) electrons. The van der Waals surface area contributed by atoms with Crippen molar-refractivity contribution in [2.75, 3.05) is 12.4 Å². The van der Waals surface area contributed by atoms with Crippen LogP contribution in [0.4, 0.5) is 11.5 Å². The average molecular weight is 394 g/mol. The zero-order chi connectivity index (χ0) is 20.3. The summed E-state index contributed by atoms with van der Waals surface area (Å²) in [7, 11) is 1.65. The van der Waals surface area contributed by atoms with Gasteiger partial charge in [-0.25, -0.2) is 9.97 Å². The Balaban J connectivity index is 1.56. The van der Waals surface area contributed by atoms with Crippen LogP contribution in [-0.2, 0) is 0 Å². The van der Waals surface area contributed by atoms with Gasteiger partial charge in [-0.2, -0.15) is 0 Å². The molecule has 7 nitrogen and oxygen atoms in total. The third kappa shape index (κ3) is 3.44. The topological polar surface area (TPSA) is 88.6 Å². The molecule has 30 heavy (non-hydrogen) atoms. The highest BCUT2D eigenvalue weighted by Crippen LogP contribution is 2.31. The van der Waals surface area contributed by atoms with Gasteiger partial charge >= 0.3 is 0 Å². The van der Waals surface area contributed by atoms with Gasteiger partial charge in [-0.1, -0.05) is 0 Å². The van der Waals surface area contributed by atoms with Crippen molar-refractivity contribution in [3.05, 3.63) is 78.8 Å². The van der Waals surface area contributed by atoms with Crippen molar-refractivity contribution in [3.63, 3.8) is 0 Å². The molecule has 0 amide bonds. The van der Waals surface area contributed by atoms with Crippen LogP contribution in [0.5, 0.6) is 5.75 Å². The van der Waals surface area contributed by atoms with Gasteiger partial charge in [0.2, 0.25) is 0 Å². The van der Waals surface area contributed by atoms with E-state index in [1.807, 2.05) is 48.7 Å². The van der Waals surface area contributed by atoms with E-state index in [4.69, 9.17) is 4.74 Å². The Bertz CT molecular complexity index is 1360. The molecule has 7 heteroatoms. The number of benzene rings is 2. The molecule has 0 aliphatic rings. The van der Waals surface area contributed by atoms with E-state index in [-0.39, 0.29) is 0 Å². The molecule has 0 aliphatic heterocycles. The zero-order valence-corrected chi connectivity index (χ0v) is 16.2. The first-order valence-corrected chi connectivity index (χ1v) is 9.41. The predicted molar refractivity (Wildman–Crippen MR) is 119 cm³/mol. The Hall–Kier alpha value is -4.26. The van der Waals surface area contributed by atoms with Crippen LogP contribution >= 0.6 is 0 Å². The maximum absolute atomic E-state index is 5.57. The van der Waals surface area contributed by atoms with Gasteiger partial charge in [0, 0.05) is 52.2 Å². The van der Waals surface area contributed by atoms with Crippen molar-refractivity contribution in [2.24, 2.45) is 0 Å². The number of rotatable bonds is 5. The van der Waals surface area contributed by atoms with Crippen LogP contribution in [0.1, 0.15) is 11.3 Å². The number of H-pyrrole nitrogens is 1. The fraction of sp³-hybridized carbons (Fsp3) is 0.0435. The number of aromatic amines is 1. The van der Waals surface area contributed by atoms with Gasteiger partial charge in [-0.15, -0.1) is 0 Å². The Labute approximate surface area is 172 Å². The first kappa shape index (κ1) is 17.8. The summed E-state index contributed by atoms with van der Waals surface area (Å²) in [6.07, 6.45) is 12.3. The lowest BCUT2D eigenvalue weighted by Gasteiger charge is -2.11. The Morgan fingerprint density at radius 2 is 1.97 bits per heavy atom. The summed E-state index contributed by atoms with van der Waals surface area (Å²) >= 11 is 0. The molecule has 0 bridgehead atoms. The van der Waals surface area contributed by atoms with Crippen LogP contribution in [0.15, 0.2) is 67.5 Å². The molecule has 0 spiro atoms. The van der Waals surface area contributed by atoms with E-state index in [9.17, 15) is 0 Å². The van der Waals surface area contributed by atoms with Crippen molar-refractivity contribution in [1.82, 2.24) is 24.9 Å². The minimum Gasteiger partial charge on any atom is -0.496 e. The molecule has 3 aromatic heterocycles. The van der Waals surface area contributed by atoms with Crippen LogP contribution in [0.3, 0.4) is 0 Å². The molecule has 3 heterocycles. The summed E-state index contributed by atoms with van der Waals surface area (Å²) in [6.45, 7) is 0. The van der Waals surface area contributed by atoms with Gasteiger partial charge in [-0.05, 0) is 42.5 Å². The highest BCUT2D eigenvalue weighted by atomic mass is 16.5. The molecule has 2 aromatic carbocycles. The number of aromatic nitrogens is 5. The number of ether oxygens (including phenoxy) is 1. The minimum atomic E-state index is 0.723. The van der Waals surface area contributed by atoms with Crippen molar-refractivity contribution in [2.45, 2.75) is 0 Å². The second kappa shape index (κ2) is 7.63. The first-order chi connectivity index (χ1) is 14.8. The van der Waals surface area contributed by atoms with Gasteiger partial charge < -0.3 is 15.0 Å². The van der Waals surface area contributed by atoms with Crippen LogP contribution in [0, 0.1) is 0 Å². The lowest BCUT2D eigenvalue weighted by Crippen LogP contribution is -1.97. The van der Waals surface area contributed by atoms with E-state index in [2.05, 4.69) is 36.3 Å². The molecule has 0 saturated carbocycles. The lowest BCUT2D eigenvalue weighted by molar-refractivity contribution is 0.414. The Kier molecular flexibility index (Phi) is 4.53. The minimum absolute atomic E-state index is 0.723. The maximum atomic E-state index is 5.57. The molecule has 146 valence electrons. The lowest BCUT2D eigenvalue weighted by atomic mass is 10.1. The largest absolute Gasteiger partial charge is 0.496 e. The smallest absolute Gasteiger partial charge is 0.141 e. The van der Waals surface area contributed by atoms with Crippen LogP contribution in [0.2, 0.25) is 0 Å². The molecule has 0 unspecified atom stereocenters. The fourth-order valence-corrected chi connectivity index (χ4v) is 3.35. The third-order valence-electron chi connectivity index (χ3n) is 4.82. The molecule has 0 fully saturated rings. The molecule has 0 atom stereocenters. The number of hydrogen-bond acceptors (Lipinski definition) is 6. The van der Waals surface area contributed by atoms with Crippen molar-refractivity contribution in [3.8, 4) is 5.75 Å². The highest BCUT2D eigenvalue weighted by Gasteiger charge is 2.10. The van der Waals surface area contributed by atoms with Crippen molar-refractivity contribution < 1.29 is 4.74 Å². The molecule has 5 rings (SSSR count). The van der Waals surface area contributed by atoms with Gasteiger partial charge in [0.25, 0.3) is 0 Å². The molecule has 5 aromatic rings.